The second-order valence-corrected chi connectivity index (χ2v) is 4.81. The number of nitrogens with one attached hydrogen (secondary N) is 1. The minimum atomic E-state index is -4.65. The molecule has 0 saturated heterocycles. The first kappa shape index (κ1) is 16.7. The van der Waals surface area contributed by atoms with Gasteiger partial charge in [-0.05, 0) is 28.1 Å². The van der Waals surface area contributed by atoms with E-state index in [2.05, 4.69) is 10.3 Å². The van der Waals surface area contributed by atoms with Crippen LogP contribution in [0.1, 0.15) is 5.56 Å². The molecule has 0 aliphatic rings. The number of amides is 1. The van der Waals surface area contributed by atoms with Crippen molar-refractivity contribution in [2.45, 2.75) is 12.7 Å². The van der Waals surface area contributed by atoms with Gasteiger partial charge >= 0.3 is 12.0 Å². The maximum absolute atomic E-state index is 12.7. The maximum atomic E-state index is 12.7. The lowest BCUT2D eigenvalue weighted by Crippen LogP contribution is -2.18. The molecule has 0 saturated carbocycles. The lowest BCUT2D eigenvalue weighted by atomic mass is 10.2. The third-order valence-electron chi connectivity index (χ3n) is 2.69. The summed E-state index contributed by atoms with van der Waals surface area (Å²) < 4.78 is 39.3. The Kier molecular flexibility index (Phi) is 4.55. The van der Waals surface area contributed by atoms with Gasteiger partial charge in [0.05, 0.1) is 10.6 Å². The molecule has 0 aliphatic carbocycles. The van der Waals surface area contributed by atoms with Crippen molar-refractivity contribution in [3.05, 3.63) is 51.4 Å². The molecule has 0 radical (unpaired) electrons. The smallest absolute Gasteiger partial charge is 0.358 e. The topological polar surface area (TPSA) is 90.1 Å². The van der Waals surface area contributed by atoms with Crippen molar-refractivity contribution in [1.29, 1.82) is 0 Å². The predicted octanol–water partition coefficient (Wildman–Crippen LogP) is 3.10. The summed E-state index contributed by atoms with van der Waals surface area (Å²) >= 11 is 5.47. The van der Waals surface area contributed by atoms with Gasteiger partial charge in [-0.1, -0.05) is 11.6 Å². The summed E-state index contributed by atoms with van der Waals surface area (Å²) in [6.07, 6.45) is -2.55. The van der Waals surface area contributed by atoms with Crippen LogP contribution in [0.2, 0.25) is 5.02 Å². The Morgan fingerprint density at radius 1 is 1.43 bits per heavy atom. The van der Waals surface area contributed by atoms with E-state index in [9.17, 15) is 28.1 Å². The van der Waals surface area contributed by atoms with Crippen LogP contribution >= 0.6 is 11.6 Å². The molecule has 0 aliphatic heterocycles. The Labute approximate surface area is 131 Å². The van der Waals surface area contributed by atoms with E-state index < -0.39 is 33.4 Å². The van der Waals surface area contributed by atoms with Gasteiger partial charge in [0.2, 0.25) is 12.2 Å². The quantitative estimate of drug-likeness (QED) is 0.679. The molecule has 1 N–H and O–H groups in total. The number of carbonyl (C=O) groups is 1. The minimum Gasteiger partial charge on any atom is -0.358 e. The number of carbonyl (C=O) groups excluding carboxylic acids is 1. The van der Waals surface area contributed by atoms with Gasteiger partial charge in [0.1, 0.15) is 12.7 Å². The number of imidazole rings is 1. The van der Waals surface area contributed by atoms with Crippen molar-refractivity contribution in [1.82, 2.24) is 9.55 Å². The van der Waals surface area contributed by atoms with E-state index in [1.807, 2.05) is 0 Å². The van der Waals surface area contributed by atoms with E-state index in [4.69, 9.17) is 11.6 Å². The van der Waals surface area contributed by atoms with Crippen LogP contribution in [0.5, 0.6) is 0 Å². The molecule has 2 aromatic rings. The van der Waals surface area contributed by atoms with Gasteiger partial charge in [-0.3, -0.25) is 4.79 Å². The summed E-state index contributed by atoms with van der Waals surface area (Å²) in [5, 5.41) is 12.2. The molecule has 23 heavy (non-hydrogen) atoms. The van der Waals surface area contributed by atoms with E-state index >= 15 is 0 Å². The number of nitro groups is 1. The van der Waals surface area contributed by atoms with Gasteiger partial charge in [0.25, 0.3) is 0 Å². The molecule has 1 heterocycles. The van der Waals surface area contributed by atoms with Crippen molar-refractivity contribution < 1.29 is 22.9 Å². The molecule has 122 valence electrons. The number of alkyl halides is 3. The lowest BCUT2D eigenvalue weighted by molar-refractivity contribution is -0.389. The van der Waals surface area contributed by atoms with Gasteiger partial charge in [-0.25, -0.2) is 0 Å². The Hall–Kier alpha value is -2.62. The third kappa shape index (κ3) is 4.19. The first-order valence-electron chi connectivity index (χ1n) is 5.99. The molecule has 1 amide bonds. The molecular formula is C12H8ClF3N4O3. The molecule has 7 nitrogen and oxygen atoms in total. The highest BCUT2D eigenvalue weighted by Crippen LogP contribution is 2.36. The lowest BCUT2D eigenvalue weighted by Gasteiger charge is -2.11. The van der Waals surface area contributed by atoms with E-state index in [0.717, 1.165) is 23.2 Å². The Morgan fingerprint density at radius 2 is 2.13 bits per heavy atom. The monoisotopic (exact) mass is 348 g/mol. The Bertz CT molecular complexity index is 760. The molecule has 1 aromatic heterocycles. The Balaban J connectivity index is 2.09. The average Bonchev–Trinajstić information content (AvgIpc) is 2.88. The highest BCUT2D eigenvalue weighted by Gasteiger charge is 2.33. The van der Waals surface area contributed by atoms with E-state index in [1.54, 1.807) is 0 Å². The molecule has 2 rings (SSSR count). The fraction of sp³-hybridized carbons (Fsp3) is 0.167. The minimum absolute atomic E-state index is 0.0960. The molecule has 0 unspecified atom stereocenters. The van der Waals surface area contributed by atoms with Crippen LogP contribution in [0.3, 0.4) is 0 Å². The van der Waals surface area contributed by atoms with Crippen LogP contribution < -0.4 is 5.32 Å². The number of benzene rings is 1. The SMILES string of the molecule is O=C(Cn1cnc([N+](=O)[O-])c1)Nc1ccc(Cl)c(C(F)(F)F)c1. The fourth-order valence-electron chi connectivity index (χ4n) is 1.72. The first-order chi connectivity index (χ1) is 10.7. The first-order valence-corrected chi connectivity index (χ1v) is 6.37. The number of halogens is 4. The number of hydrogen-bond acceptors (Lipinski definition) is 4. The molecular weight excluding hydrogens is 341 g/mol. The maximum Gasteiger partial charge on any atom is 0.417 e. The molecule has 1 aromatic carbocycles. The van der Waals surface area contributed by atoms with Crippen LogP contribution in [0.25, 0.3) is 0 Å². The van der Waals surface area contributed by atoms with Crippen molar-refractivity contribution in [3.63, 3.8) is 0 Å². The number of anilines is 1. The number of nitrogens with zero attached hydrogens (tertiary/aromatic N) is 3. The molecule has 0 fully saturated rings. The molecule has 0 atom stereocenters. The summed E-state index contributed by atoms with van der Waals surface area (Å²) in [5.74, 6) is -1.11. The van der Waals surface area contributed by atoms with Gasteiger partial charge < -0.3 is 20.0 Å². The standard InChI is InChI=1S/C12H8ClF3N4O3/c13-9-2-1-7(3-8(9)12(14,15)16)18-11(21)5-19-4-10(17-6-19)20(22)23/h1-4,6H,5H2,(H,18,21). The van der Waals surface area contributed by atoms with Gasteiger partial charge in [-0.15, -0.1) is 0 Å². The second-order valence-electron chi connectivity index (χ2n) is 4.40. The second kappa shape index (κ2) is 6.24. The van der Waals surface area contributed by atoms with E-state index in [0.29, 0.717) is 6.07 Å². The zero-order chi connectivity index (χ0) is 17.2. The highest BCUT2D eigenvalue weighted by molar-refractivity contribution is 6.31. The van der Waals surface area contributed by atoms with Gasteiger partial charge in [0.15, 0.2) is 0 Å². The van der Waals surface area contributed by atoms with Crippen LogP contribution in [0.15, 0.2) is 30.7 Å². The number of aromatic nitrogens is 2. The number of hydrogen-bond donors (Lipinski definition) is 1. The summed E-state index contributed by atoms with van der Waals surface area (Å²) in [6.45, 7) is -0.342. The van der Waals surface area contributed by atoms with Gasteiger partial charge in [0, 0.05) is 5.69 Å². The van der Waals surface area contributed by atoms with E-state index in [1.165, 1.54) is 6.07 Å². The van der Waals surface area contributed by atoms with Crippen LogP contribution in [0, 0.1) is 10.1 Å². The summed E-state index contributed by atoms with van der Waals surface area (Å²) in [4.78, 5) is 24.9. The van der Waals surface area contributed by atoms with Crippen LogP contribution in [-0.2, 0) is 17.5 Å². The zero-order valence-corrected chi connectivity index (χ0v) is 11.9. The van der Waals surface area contributed by atoms with E-state index in [-0.39, 0.29) is 12.2 Å². The van der Waals surface area contributed by atoms with Crippen molar-refractivity contribution >= 4 is 29.0 Å². The normalized spacial score (nSPS) is 11.3. The largest absolute Gasteiger partial charge is 0.417 e. The Morgan fingerprint density at radius 3 is 2.70 bits per heavy atom. The highest BCUT2D eigenvalue weighted by atomic mass is 35.5. The molecule has 0 spiro atoms. The fourth-order valence-corrected chi connectivity index (χ4v) is 1.94. The van der Waals surface area contributed by atoms with Crippen molar-refractivity contribution in [2.24, 2.45) is 0 Å². The summed E-state index contributed by atoms with van der Waals surface area (Å²) in [6, 6.07) is 2.93. The summed E-state index contributed by atoms with van der Waals surface area (Å²) in [5.41, 5.74) is -1.17. The van der Waals surface area contributed by atoms with Gasteiger partial charge in [-0.2, -0.15) is 13.2 Å². The van der Waals surface area contributed by atoms with Crippen LogP contribution in [0.4, 0.5) is 24.7 Å². The number of rotatable bonds is 4. The van der Waals surface area contributed by atoms with Crippen LogP contribution in [-0.4, -0.2) is 20.4 Å². The predicted molar refractivity (Wildman–Crippen MR) is 74.0 cm³/mol. The molecule has 0 bridgehead atoms. The van der Waals surface area contributed by atoms with Crippen molar-refractivity contribution in [3.8, 4) is 0 Å². The average molecular weight is 349 g/mol. The summed E-state index contributed by atoms with van der Waals surface area (Å²) in [7, 11) is 0. The third-order valence-corrected chi connectivity index (χ3v) is 3.02. The van der Waals surface area contributed by atoms with Crippen molar-refractivity contribution in [2.75, 3.05) is 5.32 Å². The molecule has 11 heteroatoms. The zero-order valence-electron chi connectivity index (χ0n) is 11.2.